The van der Waals surface area contributed by atoms with E-state index in [-0.39, 0.29) is 5.41 Å². The molecular formula is C22H24N2O. The van der Waals surface area contributed by atoms with Crippen molar-refractivity contribution in [1.82, 2.24) is 0 Å². The second-order valence-corrected chi connectivity index (χ2v) is 7.97. The molecule has 0 amide bonds. The fraction of sp³-hybridized carbons (Fsp3) is 0.409. The lowest BCUT2D eigenvalue weighted by atomic mass is 9.76. The van der Waals surface area contributed by atoms with E-state index in [9.17, 15) is 5.26 Å². The van der Waals surface area contributed by atoms with Crippen LogP contribution in [0.3, 0.4) is 0 Å². The van der Waals surface area contributed by atoms with Gasteiger partial charge in [0.15, 0.2) is 5.72 Å². The molecule has 25 heavy (non-hydrogen) atoms. The van der Waals surface area contributed by atoms with Gasteiger partial charge in [0.05, 0.1) is 11.8 Å². The van der Waals surface area contributed by atoms with Crippen LogP contribution in [-0.4, -0.2) is 11.3 Å². The molecule has 1 saturated heterocycles. The Bertz CT molecular complexity index is 952. The predicted molar refractivity (Wildman–Crippen MR) is 101 cm³/mol. The summed E-state index contributed by atoms with van der Waals surface area (Å²) < 4.78 is 6.73. The number of nitriles is 1. The normalized spacial score (nSPS) is 31.2. The van der Waals surface area contributed by atoms with Gasteiger partial charge in [0.25, 0.3) is 0 Å². The lowest BCUT2D eigenvalue weighted by molar-refractivity contribution is -0.108. The molecule has 2 aliphatic rings. The molecule has 0 bridgehead atoms. The highest BCUT2D eigenvalue weighted by atomic mass is 16.6. The van der Waals surface area contributed by atoms with Crippen molar-refractivity contribution in [2.75, 3.05) is 4.90 Å². The van der Waals surface area contributed by atoms with E-state index >= 15 is 0 Å². The van der Waals surface area contributed by atoms with Crippen molar-refractivity contribution in [2.24, 2.45) is 0 Å². The van der Waals surface area contributed by atoms with Crippen LogP contribution in [0.1, 0.15) is 46.6 Å². The lowest BCUT2D eigenvalue weighted by Gasteiger charge is -2.39. The number of nitrogens with zero attached hydrogens (tertiary/aromatic N) is 2. The predicted octanol–water partition coefficient (Wildman–Crippen LogP) is 5.26. The molecular weight excluding hydrogens is 308 g/mol. The third-order valence-corrected chi connectivity index (χ3v) is 6.44. The Morgan fingerprint density at radius 3 is 2.52 bits per heavy atom. The number of rotatable bonds is 1. The van der Waals surface area contributed by atoms with E-state index in [1.54, 1.807) is 6.08 Å². The van der Waals surface area contributed by atoms with Crippen molar-refractivity contribution in [2.45, 2.75) is 57.8 Å². The molecule has 2 aliphatic heterocycles. The van der Waals surface area contributed by atoms with Crippen molar-refractivity contribution in [3.63, 3.8) is 0 Å². The van der Waals surface area contributed by atoms with E-state index < -0.39 is 11.3 Å². The zero-order valence-electron chi connectivity index (χ0n) is 15.6. The van der Waals surface area contributed by atoms with Crippen molar-refractivity contribution in [1.29, 1.82) is 5.26 Å². The quantitative estimate of drug-likeness (QED) is 0.668. The van der Waals surface area contributed by atoms with Gasteiger partial charge in [-0.2, -0.15) is 5.26 Å². The zero-order chi connectivity index (χ0) is 18.0. The first kappa shape index (κ1) is 16.2. The van der Waals surface area contributed by atoms with E-state index in [4.69, 9.17) is 4.74 Å². The Morgan fingerprint density at radius 1 is 1.12 bits per heavy atom. The van der Waals surface area contributed by atoms with Crippen molar-refractivity contribution in [3.05, 3.63) is 53.7 Å². The molecule has 2 atom stereocenters. The first-order valence-corrected chi connectivity index (χ1v) is 8.93. The van der Waals surface area contributed by atoms with Crippen LogP contribution in [0.2, 0.25) is 0 Å². The fourth-order valence-corrected chi connectivity index (χ4v) is 4.64. The summed E-state index contributed by atoms with van der Waals surface area (Å²) in [6.07, 6.45) is 2.49. The number of benzene rings is 2. The highest BCUT2D eigenvalue weighted by molar-refractivity contribution is 5.94. The average Bonchev–Trinajstić information content (AvgIpc) is 2.92. The molecule has 3 heteroatoms. The number of allylic oxidation sites excluding steroid dienone is 1. The maximum atomic E-state index is 9.40. The monoisotopic (exact) mass is 332 g/mol. The van der Waals surface area contributed by atoms with Gasteiger partial charge in [-0.1, -0.05) is 51.1 Å². The standard InChI is InChI=1S/C22H24N2O/c1-6-21(4)18(13-14-23)24-17-12-11-15-9-7-8-10-16(15)19(17)20(2,3)22(24,5)25-21/h7-13H,6H2,1-5H3/b18-13-. The zero-order valence-corrected chi connectivity index (χ0v) is 15.6. The molecule has 2 heterocycles. The van der Waals surface area contributed by atoms with Crippen molar-refractivity contribution < 1.29 is 4.74 Å². The van der Waals surface area contributed by atoms with Gasteiger partial charge < -0.3 is 9.64 Å². The Hall–Kier alpha value is -2.31. The number of hydrogen-bond donors (Lipinski definition) is 0. The van der Waals surface area contributed by atoms with E-state index in [1.165, 1.54) is 16.3 Å². The molecule has 128 valence electrons. The molecule has 0 aromatic heterocycles. The van der Waals surface area contributed by atoms with Gasteiger partial charge >= 0.3 is 0 Å². The van der Waals surface area contributed by atoms with Gasteiger partial charge in [-0.3, -0.25) is 0 Å². The van der Waals surface area contributed by atoms with Gasteiger partial charge in [0, 0.05) is 17.2 Å². The Kier molecular flexibility index (Phi) is 3.15. The summed E-state index contributed by atoms with van der Waals surface area (Å²) in [7, 11) is 0. The van der Waals surface area contributed by atoms with Gasteiger partial charge in [0.2, 0.25) is 0 Å². The minimum absolute atomic E-state index is 0.218. The molecule has 2 unspecified atom stereocenters. The third kappa shape index (κ3) is 1.78. The van der Waals surface area contributed by atoms with Gasteiger partial charge in [-0.15, -0.1) is 0 Å². The van der Waals surface area contributed by atoms with E-state index in [2.05, 4.69) is 82.0 Å². The maximum Gasteiger partial charge on any atom is 0.152 e. The molecule has 0 radical (unpaired) electrons. The van der Waals surface area contributed by atoms with Crippen LogP contribution in [0.15, 0.2) is 48.2 Å². The molecule has 0 N–H and O–H groups in total. The Labute approximate surface area is 149 Å². The third-order valence-electron chi connectivity index (χ3n) is 6.44. The van der Waals surface area contributed by atoms with Crippen molar-refractivity contribution in [3.8, 4) is 6.07 Å². The Balaban J connectivity index is 2.08. The van der Waals surface area contributed by atoms with Gasteiger partial charge in [-0.25, -0.2) is 0 Å². The summed E-state index contributed by atoms with van der Waals surface area (Å²) in [6, 6.07) is 15.1. The molecule has 0 aliphatic carbocycles. The first-order chi connectivity index (χ1) is 11.8. The van der Waals surface area contributed by atoms with Crippen LogP contribution in [0.25, 0.3) is 10.8 Å². The van der Waals surface area contributed by atoms with Crippen molar-refractivity contribution >= 4 is 16.5 Å². The fourth-order valence-electron chi connectivity index (χ4n) is 4.64. The number of fused-ring (bicyclic) bond motifs is 5. The molecule has 0 spiro atoms. The van der Waals surface area contributed by atoms with Crippen LogP contribution in [0, 0.1) is 11.3 Å². The molecule has 2 aromatic rings. The average molecular weight is 332 g/mol. The maximum absolute atomic E-state index is 9.40. The minimum atomic E-state index is -0.521. The van der Waals surface area contributed by atoms with E-state index in [0.717, 1.165) is 17.8 Å². The van der Waals surface area contributed by atoms with Crippen LogP contribution in [0.5, 0.6) is 0 Å². The number of ether oxygens (including phenoxy) is 1. The van der Waals surface area contributed by atoms with Crippen LogP contribution >= 0.6 is 0 Å². The second kappa shape index (κ2) is 4.86. The SMILES string of the molecule is CCC1(C)OC2(C)N(/C1=C\C#N)c1ccc3ccccc3c1C2(C)C. The molecule has 2 aromatic carbocycles. The molecule has 0 saturated carbocycles. The van der Waals surface area contributed by atoms with Gasteiger partial charge in [0.1, 0.15) is 5.60 Å². The van der Waals surface area contributed by atoms with E-state index in [0.29, 0.717) is 0 Å². The summed E-state index contributed by atoms with van der Waals surface area (Å²) in [5.74, 6) is 0. The Morgan fingerprint density at radius 2 is 1.84 bits per heavy atom. The van der Waals surface area contributed by atoms with Gasteiger partial charge in [-0.05, 0) is 42.7 Å². The molecule has 3 nitrogen and oxygen atoms in total. The van der Waals surface area contributed by atoms with Crippen LogP contribution in [-0.2, 0) is 10.2 Å². The first-order valence-electron chi connectivity index (χ1n) is 8.93. The smallest absolute Gasteiger partial charge is 0.152 e. The second-order valence-electron chi connectivity index (χ2n) is 7.97. The highest BCUT2D eigenvalue weighted by Crippen LogP contribution is 2.62. The largest absolute Gasteiger partial charge is 0.342 e. The summed E-state index contributed by atoms with van der Waals surface area (Å²) in [5, 5.41) is 11.9. The molecule has 1 fully saturated rings. The number of hydrogen-bond acceptors (Lipinski definition) is 3. The topological polar surface area (TPSA) is 36.3 Å². The minimum Gasteiger partial charge on any atom is -0.342 e. The van der Waals surface area contributed by atoms with Crippen LogP contribution < -0.4 is 4.90 Å². The summed E-state index contributed by atoms with van der Waals surface area (Å²) in [4.78, 5) is 2.27. The molecule has 4 rings (SSSR count). The van der Waals surface area contributed by atoms with Crippen LogP contribution in [0.4, 0.5) is 5.69 Å². The summed E-state index contributed by atoms with van der Waals surface area (Å²) in [6.45, 7) is 10.9. The highest BCUT2D eigenvalue weighted by Gasteiger charge is 2.65. The summed E-state index contributed by atoms with van der Waals surface area (Å²) in [5.41, 5.74) is 2.23. The summed E-state index contributed by atoms with van der Waals surface area (Å²) >= 11 is 0. The lowest BCUT2D eigenvalue weighted by Crippen LogP contribution is -2.50. The number of anilines is 1. The van der Waals surface area contributed by atoms with E-state index in [1.807, 2.05) is 0 Å².